The molecule has 0 aromatic heterocycles. The molecule has 0 atom stereocenters. The summed E-state index contributed by atoms with van der Waals surface area (Å²) in [5, 5.41) is -0.274. The van der Waals surface area contributed by atoms with Crippen LogP contribution in [0.25, 0.3) is 0 Å². The average Bonchev–Trinajstić information content (AvgIpc) is 2.56. The third-order valence-corrected chi connectivity index (χ3v) is 9.49. The van der Waals surface area contributed by atoms with E-state index in [1.807, 2.05) is 33.9 Å². The molecule has 3 nitrogen and oxygen atoms in total. The monoisotopic (exact) mass is 462 g/mol. The first kappa shape index (κ1) is 28.3. The Morgan fingerprint density at radius 2 is 1.33 bits per heavy atom. The lowest BCUT2D eigenvalue weighted by molar-refractivity contribution is -0.348. The largest absolute Gasteiger partial charge is 0.460 e. The number of carbonyl (C=O) groups excluding carboxylic acids is 1. The second kappa shape index (κ2) is 9.19. The normalized spacial score (nSPS) is 14.1. The standard InChI is InChI=1S/C19H25F7O3Si/c1-8-10-16(11-9-2,13-29-30(6,7)15(3,4)5)12-28-14(27)17(20,21)18(22,23)19(24,25)26/h1-2H,10-13H2,3-7H3. The molecule has 0 fully saturated rings. The minimum absolute atomic E-state index is 0.250. The number of ether oxygens (including phenoxy) is 1. The zero-order chi connectivity index (χ0) is 24.2. The number of carbonyl (C=O) groups is 1. The third-order valence-electron chi connectivity index (χ3n) is 5.02. The highest BCUT2D eigenvalue weighted by molar-refractivity contribution is 6.74. The van der Waals surface area contributed by atoms with Gasteiger partial charge in [0, 0.05) is 24.9 Å². The van der Waals surface area contributed by atoms with Crippen molar-refractivity contribution < 1.29 is 44.7 Å². The molecule has 0 aliphatic rings. The smallest absolute Gasteiger partial charge is 0.460 e. The minimum atomic E-state index is -6.66. The summed E-state index contributed by atoms with van der Waals surface area (Å²) in [5.74, 6) is -11.3. The SMILES string of the molecule is C#CCC(CC#C)(COC(=O)C(F)(F)C(F)(F)C(F)(F)F)CO[Si](C)(C)C(C)(C)C. The predicted octanol–water partition coefficient (Wildman–Crippen LogP) is 5.42. The van der Waals surface area contributed by atoms with Gasteiger partial charge in [0.05, 0.1) is 0 Å². The molecule has 0 saturated heterocycles. The van der Waals surface area contributed by atoms with Crippen LogP contribution in [0.3, 0.4) is 0 Å². The minimum Gasteiger partial charge on any atom is -0.460 e. The summed E-state index contributed by atoms with van der Waals surface area (Å²) in [6.07, 6.45) is 3.38. The van der Waals surface area contributed by atoms with Gasteiger partial charge in [-0.05, 0) is 18.1 Å². The summed E-state index contributed by atoms with van der Waals surface area (Å²) >= 11 is 0. The summed E-state index contributed by atoms with van der Waals surface area (Å²) in [5.41, 5.74) is -1.43. The fourth-order valence-corrected chi connectivity index (χ4v) is 3.01. The molecule has 0 amide bonds. The van der Waals surface area contributed by atoms with E-state index in [1.54, 1.807) is 0 Å². The van der Waals surface area contributed by atoms with Crippen LogP contribution in [0.15, 0.2) is 0 Å². The highest BCUT2D eigenvalue weighted by atomic mass is 28.4. The Balaban J connectivity index is 5.69. The molecule has 0 N–H and O–H groups in total. The van der Waals surface area contributed by atoms with E-state index in [9.17, 15) is 35.5 Å². The van der Waals surface area contributed by atoms with Crippen molar-refractivity contribution in [2.75, 3.05) is 13.2 Å². The fourth-order valence-electron chi connectivity index (χ4n) is 1.91. The molecular formula is C19H25F7O3Si. The van der Waals surface area contributed by atoms with Crippen LogP contribution in [-0.4, -0.2) is 45.5 Å². The van der Waals surface area contributed by atoms with Gasteiger partial charge >= 0.3 is 24.0 Å². The maximum atomic E-state index is 13.5. The fraction of sp³-hybridized carbons (Fsp3) is 0.737. The second-order valence-electron chi connectivity index (χ2n) is 8.53. The van der Waals surface area contributed by atoms with Gasteiger partial charge in [-0.3, -0.25) is 0 Å². The Bertz CT molecular complexity index is 679. The van der Waals surface area contributed by atoms with E-state index in [0.717, 1.165) is 0 Å². The molecular weight excluding hydrogens is 437 g/mol. The molecule has 30 heavy (non-hydrogen) atoms. The lowest BCUT2D eigenvalue weighted by Gasteiger charge is -2.40. The van der Waals surface area contributed by atoms with Gasteiger partial charge in [0.2, 0.25) is 0 Å². The summed E-state index contributed by atoms with van der Waals surface area (Å²) in [6.45, 7) is 8.15. The quantitative estimate of drug-likeness (QED) is 0.199. The second-order valence-corrected chi connectivity index (χ2v) is 13.3. The van der Waals surface area contributed by atoms with Gasteiger partial charge < -0.3 is 9.16 Å². The van der Waals surface area contributed by atoms with Crippen molar-refractivity contribution in [1.82, 2.24) is 0 Å². The predicted molar refractivity (Wildman–Crippen MR) is 99.4 cm³/mol. The van der Waals surface area contributed by atoms with Gasteiger partial charge in [0.15, 0.2) is 8.32 Å². The van der Waals surface area contributed by atoms with Gasteiger partial charge in [-0.1, -0.05) is 20.8 Å². The number of esters is 1. The van der Waals surface area contributed by atoms with Gasteiger partial charge in [0.25, 0.3) is 0 Å². The summed E-state index contributed by atoms with van der Waals surface area (Å²) in [7, 11) is -2.41. The molecule has 0 saturated carbocycles. The number of rotatable bonds is 9. The Labute approximate surface area is 172 Å². The van der Waals surface area contributed by atoms with Crippen LogP contribution in [0.1, 0.15) is 33.6 Å². The van der Waals surface area contributed by atoms with Crippen LogP contribution >= 0.6 is 0 Å². The van der Waals surface area contributed by atoms with E-state index >= 15 is 0 Å². The lowest BCUT2D eigenvalue weighted by Crippen LogP contribution is -2.57. The van der Waals surface area contributed by atoms with Crippen LogP contribution in [0, 0.1) is 30.1 Å². The molecule has 0 spiro atoms. The van der Waals surface area contributed by atoms with Crippen LogP contribution in [0.2, 0.25) is 18.1 Å². The Morgan fingerprint density at radius 3 is 1.67 bits per heavy atom. The molecule has 0 radical (unpaired) electrons. The molecule has 172 valence electrons. The number of halogens is 7. The van der Waals surface area contributed by atoms with E-state index < -0.39 is 44.3 Å². The third kappa shape index (κ3) is 6.14. The Hall–Kier alpha value is -1.72. The van der Waals surface area contributed by atoms with E-state index in [0.29, 0.717) is 0 Å². The van der Waals surface area contributed by atoms with Crippen LogP contribution in [-0.2, 0) is 14.0 Å². The van der Waals surface area contributed by atoms with Gasteiger partial charge in [-0.2, -0.15) is 30.7 Å². The highest BCUT2D eigenvalue weighted by Crippen LogP contribution is 2.47. The zero-order valence-corrected chi connectivity index (χ0v) is 18.4. The molecule has 0 heterocycles. The van der Waals surface area contributed by atoms with Crippen LogP contribution in [0.5, 0.6) is 0 Å². The van der Waals surface area contributed by atoms with Crippen LogP contribution < -0.4 is 0 Å². The number of terminal acetylenes is 2. The molecule has 11 heteroatoms. The van der Waals surface area contributed by atoms with Crippen molar-refractivity contribution in [3.63, 3.8) is 0 Å². The van der Waals surface area contributed by atoms with Gasteiger partial charge in [-0.25, -0.2) is 4.79 Å². The van der Waals surface area contributed by atoms with Crippen LogP contribution in [0.4, 0.5) is 30.7 Å². The molecule has 0 rings (SSSR count). The molecule has 0 aliphatic carbocycles. The number of alkyl halides is 7. The highest BCUT2D eigenvalue weighted by Gasteiger charge is 2.77. The zero-order valence-electron chi connectivity index (χ0n) is 17.4. The van der Waals surface area contributed by atoms with Gasteiger partial charge in [0.1, 0.15) is 6.61 Å². The topological polar surface area (TPSA) is 35.5 Å². The molecule has 0 bridgehead atoms. The first-order chi connectivity index (χ1) is 13.2. The first-order valence-electron chi connectivity index (χ1n) is 8.71. The van der Waals surface area contributed by atoms with Crippen molar-refractivity contribution in [3.05, 3.63) is 0 Å². The molecule has 0 aromatic rings. The molecule has 0 unspecified atom stereocenters. The molecule has 0 aliphatic heterocycles. The maximum absolute atomic E-state index is 13.5. The first-order valence-corrected chi connectivity index (χ1v) is 11.6. The van der Waals surface area contributed by atoms with Crippen molar-refractivity contribution in [2.24, 2.45) is 5.41 Å². The average molecular weight is 462 g/mol. The van der Waals surface area contributed by atoms with E-state index in [2.05, 4.69) is 16.6 Å². The van der Waals surface area contributed by atoms with Crippen molar-refractivity contribution >= 4 is 14.3 Å². The lowest BCUT2D eigenvalue weighted by atomic mass is 9.83. The van der Waals surface area contributed by atoms with E-state index in [-0.39, 0.29) is 24.5 Å². The van der Waals surface area contributed by atoms with Crippen molar-refractivity contribution in [1.29, 1.82) is 0 Å². The summed E-state index contributed by atoms with van der Waals surface area (Å²) < 4.78 is 100. The number of hydrogen-bond acceptors (Lipinski definition) is 3. The number of hydrogen-bond donors (Lipinski definition) is 0. The Kier molecular flexibility index (Phi) is 8.66. The van der Waals surface area contributed by atoms with Crippen molar-refractivity contribution in [2.45, 2.75) is 69.8 Å². The molecule has 0 aromatic carbocycles. The summed E-state index contributed by atoms with van der Waals surface area (Å²) in [4.78, 5) is 11.5. The van der Waals surface area contributed by atoms with E-state index in [4.69, 9.17) is 17.3 Å². The maximum Gasteiger partial charge on any atom is 0.460 e. The van der Waals surface area contributed by atoms with E-state index in [1.165, 1.54) is 0 Å². The Morgan fingerprint density at radius 1 is 0.900 bits per heavy atom. The summed E-state index contributed by atoms with van der Waals surface area (Å²) in [6, 6.07) is 0. The van der Waals surface area contributed by atoms with Gasteiger partial charge in [-0.15, -0.1) is 24.7 Å². The van der Waals surface area contributed by atoms with Crippen molar-refractivity contribution in [3.8, 4) is 24.7 Å².